The van der Waals surface area contributed by atoms with Gasteiger partial charge in [-0.15, -0.1) is 0 Å². The van der Waals surface area contributed by atoms with E-state index in [4.69, 9.17) is 5.73 Å². The maximum atomic E-state index is 10.8. The zero-order valence-corrected chi connectivity index (χ0v) is 15.6. The van der Waals surface area contributed by atoms with Gasteiger partial charge in [-0.3, -0.25) is 19.9 Å². The molecule has 0 spiro atoms. The molecule has 9 heteroatoms. The quantitative estimate of drug-likeness (QED) is 0.533. The van der Waals surface area contributed by atoms with Crippen molar-refractivity contribution in [3.05, 3.63) is 57.2 Å². The molecule has 27 heavy (non-hydrogen) atoms. The van der Waals surface area contributed by atoms with Crippen LogP contribution in [0.2, 0.25) is 0 Å². The third kappa shape index (κ3) is 4.05. The molecular weight excluding hydrogens is 364 g/mol. The van der Waals surface area contributed by atoms with Crippen molar-refractivity contribution in [3.8, 4) is 0 Å². The van der Waals surface area contributed by atoms with Crippen LogP contribution in [0.5, 0.6) is 0 Å². The lowest BCUT2D eigenvalue weighted by molar-refractivity contribution is -0.380. The number of hydrogen-bond acceptors (Lipinski definition) is 8. The lowest BCUT2D eigenvalue weighted by atomic mass is 10.2. The van der Waals surface area contributed by atoms with Gasteiger partial charge in [-0.05, 0) is 17.7 Å². The summed E-state index contributed by atoms with van der Waals surface area (Å²) in [5.74, 6) is 1.27. The van der Waals surface area contributed by atoms with E-state index in [-0.39, 0.29) is 9.92 Å². The van der Waals surface area contributed by atoms with Gasteiger partial charge < -0.3 is 5.73 Å². The predicted molar refractivity (Wildman–Crippen MR) is 105 cm³/mol. The first-order chi connectivity index (χ1) is 13.1. The number of benzene rings is 1. The first kappa shape index (κ1) is 17.8. The Morgan fingerprint density at radius 2 is 1.81 bits per heavy atom. The molecule has 0 unspecified atom stereocenters. The molecule has 2 N–H and O–H groups in total. The number of hydrogen-bond donors (Lipinski definition) is 1. The van der Waals surface area contributed by atoms with E-state index < -0.39 is 0 Å². The SMILES string of the molecule is Nc1nc(CN2CCN(Cc3csc([N+](=O)[O-])c3)CC2)nc2ccccc12. The third-order valence-electron chi connectivity index (χ3n) is 4.74. The lowest BCUT2D eigenvalue weighted by Crippen LogP contribution is -2.45. The van der Waals surface area contributed by atoms with Gasteiger partial charge in [-0.25, -0.2) is 9.97 Å². The van der Waals surface area contributed by atoms with E-state index in [0.29, 0.717) is 12.4 Å². The molecule has 0 bridgehead atoms. The summed E-state index contributed by atoms with van der Waals surface area (Å²) in [6.45, 7) is 5.05. The van der Waals surface area contributed by atoms with E-state index in [2.05, 4.69) is 19.8 Å². The van der Waals surface area contributed by atoms with E-state index in [9.17, 15) is 10.1 Å². The van der Waals surface area contributed by atoms with Crippen molar-refractivity contribution in [1.29, 1.82) is 0 Å². The Hall–Kier alpha value is -2.62. The Kier molecular flexibility index (Phi) is 4.97. The van der Waals surface area contributed by atoms with Crippen molar-refractivity contribution in [2.24, 2.45) is 0 Å². The topological polar surface area (TPSA) is 101 Å². The Bertz CT molecular complexity index is 967. The average molecular weight is 384 g/mol. The summed E-state index contributed by atoms with van der Waals surface area (Å²) >= 11 is 1.19. The monoisotopic (exact) mass is 384 g/mol. The zero-order chi connectivity index (χ0) is 18.8. The van der Waals surface area contributed by atoms with Crippen LogP contribution in [0.25, 0.3) is 10.9 Å². The third-order valence-corrected chi connectivity index (χ3v) is 5.66. The summed E-state index contributed by atoms with van der Waals surface area (Å²) in [4.78, 5) is 24.2. The fourth-order valence-electron chi connectivity index (χ4n) is 3.33. The zero-order valence-electron chi connectivity index (χ0n) is 14.7. The second kappa shape index (κ2) is 7.55. The van der Waals surface area contributed by atoms with Gasteiger partial charge in [-0.2, -0.15) is 0 Å². The van der Waals surface area contributed by atoms with Crippen molar-refractivity contribution in [2.45, 2.75) is 13.1 Å². The van der Waals surface area contributed by atoms with Crippen molar-refractivity contribution in [1.82, 2.24) is 19.8 Å². The van der Waals surface area contributed by atoms with Crippen LogP contribution < -0.4 is 5.73 Å². The molecule has 1 fully saturated rings. The van der Waals surface area contributed by atoms with Crippen LogP contribution in [0.4, 0.5) is 10.8 Å². The molecule has 0 saturated carbocycles. The number of rotatable bonds is 5. The van der Waals surface area contributed by atoms with Gasteiger partial charge in [0, 0.05) is 49.6 Å². The Balaban J connectivity index is 1.34. The standard InChI is InChI=1S/C18H20N6O2S/c19-18-14-3-1-2-4-15(14)20-16(21-18)11-23-7-5-22(6-8-23)10-13-9-17(24(25)26)27-12-13/h1-4,9,12H,5-8,10-11H2,(H2,19,20,21). The van der Waals surface area contributed by atoms with Crippen molar-refractivity contribution < 1.29 is 4.92 Å². The molecule has 3 heterocycles. The van der Waals surface area contributed by atoms with Crippen molar-refractivity contribution in [2.75, 3.05) is 31.9 Å². The van der Waals surface area contributed by atoms with Crippen LogP contribution in [0.3, 0.4) is 0 Å². The number of thiophene rings is 1. The molecule has 4 rings (SSSR count). The first-order valence-electron chi connectivity index (χ1n) is 8.76. The largest absolute Gasteiger partial charge is 0.383 e. The molecule has 1 aliphatic rings. The van der Waals surface area contributed by atoms with E-state index in [1.165, 1.54) is 11.3 Å². The summed E-state index contributed by atoms with van der Waals surface area (Å²) in [6.07, 6.45) is 0. The minimum absolute atomic E-state index is 0.203. The van der Waals surface area contributed by atoms with Gasteiger partial charge >= 0.3 is 5.00 Å². The Labute approximate surface area is 160 Å². The van der Waals surface area contributed by atoms with E-state index in [1.54, 1.807) is 6.07 Å². The highest BCUT2D eigenvalue weighted by atomic mass is 32.1. The maximum Gasteiger partial charge on any atom is 0.324 e. The van der Waals surface area contributed by atoms with Gasteiger partial charge in [0.05, 0.1) is 17.0 Å². The molecule has 0 aliphatic carbocycles. The van der Waals surface area contributed by atoms with Crippen LogP contribution in [-0.4, -0.2) is 50.9 Å². The number of anilines is 1. The van der Waals surface area contributed by atoms with Crippen molar-refractivity contribution in [3.63, 3.8) is 0 Å². The van der Waals surface area contributed by atoms with Gasteiger partial charge in [0.25, 0.3) is 0 Å². The second-order valence-electron chi connectivity index (χ2n) is 6.64. The van der Waals surface area contributed by atoms with E-state index in [1.807, 2.05) is 29.6 Å². The van der Waals surface area contributed by atoms with Crippen molar-refractivity contribution >= 4 is 33.1 Å². The van der Waals surface area contributed by atoms with Crippen LogP contribution in [0.1, 0.15) is 11.4 Å². The number of fused-ring (bicyclic) bond motifs is 1. The number of nitrogen functional groups attached to an aromatic ring is 1. The Morgan fingerprint density at radius 1 is 1.11 bits per heavy atom. The fraction of sp³-hybridized carbons (Fsp3) is 0.333. The smallest absolute Gasteiger partial charge is 0.324 e. The van der Waals surface area contributed by atoms with Gasteiger partial charge in [0.2, 0.25) is 0 Å². The number of nitrogens with zero attached hydrogens (tertiary/aromatic N) is 5. The number of aromatic nitrogens is 2. The maximum absolute atomic E-state index is 10.8. The highest BCUT2D eigenvalue weighted by Gasteiger charge is 2.20. The van der Waals surface area contributed by atoms with Crippen LogP contribution >= 0.6 is 11.3 Å². The number of nitrogens with two attached hydrogens (primary N) is 1. The summed E-state index contributed by atoms with van der Waals surface area (Å²) < 4.78 is 0. The summed E-state index contributed by atoms with van der Waals surface area (Å²) in [5, 5.41) is 13.8. The predicted octanol–water partition coefficient (Wildman–Crippen LogP) is 2.50. The minimum atomic E-state index is -0.332. The summed E-state index contributed by atoms with van der Waals surface area (Å²) in [6, 6.07) is 9.44. The van der Waals surface area contributed by atoms with Crippen LogP contribution in [-0.2, 0) is 13.1 Å². The minimum Gasteiger partial charge on any atom is -0.383 e. The molecule has 0 atom stereocenters. The highest BCUT2D eigenvalue weighted by molar-refractivity contribution is 7.13. The van der Waals surface area contributed by atoms with Gasteiger partial charge in [0.15, 0.2) is 0 Å². The molecule has 3 aromatic rings. The fourth-order valence-corrected chi connectivity index (χ4v) is 4.05. The average Bonchev–Trinajstić information content (AvgIpc) is 3.12. The van der Waals surface area contributed by atoms with E-state index in [0.717, 1.165) is 55.0 Å². The normalized spacial score (nSPS) is 16.0. The molecule has 0 amide bonds. The summed E-state index contributed by atoms with van der Waals surface area (Å²) in [7, 11) is 0. The second-order valence-corrected chi connectivity index (χ2v) is 7.53. The highest BCUT2D eigenvalue weighted by Crippen LogP contribution is 2.24. The lowest BCUT2D eigenvalue weighted by Gasteiger charge is -2.34. The number of piperazine rings is 1. The molecule has 0 radical (unpaired) electrons. The molecule has 140 valence electrons. The summed E-state index contributed by atoms with van der Waals surface area (Å²) in [5.41, 5.74) is 7.95. The molecule has 1 aromatic carbocycles. The van der Waals surface area contributed by atoms with Crippen LogP contribution in [0, 0.1) is 10.1 Å². The number of nitro groups is 1. The molecule has 2 aromatic heterocycles. The molecular formula is C18H20N6O2S. The van der Waals surface area contributed by atoms with Gasteiger partial charge in [0.1, 0.15) is 11.6 Å². The Morgan fingerprint density at radius 3 is 2.52 bits per heavy atom. The first-order valence-corrected chi connectivity index (χ1v) is 9.64. The van der Waals surface area contributed by atoms with Gasteiger partial charge in [-0.1, -0.05) is 23.5 Å². The molecule has 1 aliphatic heterocycles. The number of para-hydroxylation sites is 1. The van der Waals surface area contributed by atoms with E-state index >= 15 is 0 Å². The molecule has 8 nitrogen and oxygen atoms in total. The molecule has 1 saturated heterocycles. The van der Waals surface area contributed by atoms with Crippen LogP contribution in [0.15, 0.2) is 35.7 Å².